The second-order valence-electron chi connectivity index (χ2n) is 5.49. The van der Waals surface area contributed by atoms with Crippen molar-refractivity contribution in [3.05, 3.63) is 78.9 Å². The van der Waals surface area contributed by atoms with E-state index in [4.69, 9.17) is 10.3 Å². The molecule has 0 saturated carbocycles. The second-order valence-corrected chi connectivity index (χ2v) is 5.49. The summed E-state index contributed by atoms with van der Waals surface area (Å²) in [6.07, 6.45) is 0. The Balaban J connectivity index is 1.63. The molecule has 0 fully saturated rings. The van der Waals surface area contributed by atoms with Crippen LogP contribution in [0.1, 0.15) is 0 Å². The lowest BCUT2D eigenvalue weighted by atomic mass is 10.0. The van der Waals surface area contributed by atoms with Crippen LogP contribution in [0.2, 0.25) is 0 Å². The smallest absolute Gasteiger partial charge is 0.258 e. The highest BCUT2D eigenvalue weighted by molar-refractivity contribution is 5.68. The SMILES string of the molecule is Nc1cccc(-c2nc(-c3ccc(-c4ccccc4)cc3)no2)c1. The summed E-state index contributed by atoms with van der Waals surface area (Å²) in [5.41, 5.74) is 10.5. The van der Waals surface area contributed by atoms with E-state index in [1.54, 1.807) is 0 Å². The lowest BCUT2D eigenvalue weighted by Crippen LogP contribution is -1.85. The highest BCUT2D eigenvalue weighted by Crippen LogP contribution is 2.26. The van der Waals surface area contributed by atoms with Crippen LogP contribution in [-0.4, -0.2) is 10.1 Å². The Morgan fingerprint density at radius 1 is 0.667 bits per heavy atom. The largest absolute Gasteiger partial charge is 0.399 e. The second kappa shape index (κ2) is 6.01. The predicted molar refractivity (Wildman–Crippen MR) is 95.0 cm³/mol. The van der Waals surface area contributed by atoms with Crippen molar-refractivity contribution in [2.75, 3.05) is 5.73 Å². The summed E-state index contributed by atoms with van der Waals surface area (Å²) in [6.45, 7) is 0. The number of nitrogen functional groups attached to an aromatic ring is 1. The first kappa shape index (κ1) is 14.2. The number of aromatic nitrogens is 2. The molecule has 1 aromatic heterocycles. The van der Waals surface area contributed by atoms with Crippen LogP contribution in [0.3, 0.4) is 0 Å². The van der Waals surface area contributed by atoms with Gasteiger partial charge in [0.1, 0.15) is 0 Å². The van der Waals surface area contributed by atoms with Crippen molar-refractivity contribution in [3.8, 4) is 34.0 Å². The molecule has 2 N–H and O–H groups in total. The van der Waals surface area contributed by atoms with Crippen molar-refractivity contribution >= 4 is 5.69 Å². The molecular formula is C20H15N3O. The predicted octanol–water partition coefficient (Wildman–Crippen LogP) is 4.65. The quantitative estimate of drug-likeness (QED) is 0.559. The third kappa shape index (κ3) is 2.77. The first-order valence-corrected chi connectivity index (χ1v) is 7.65. The number of nitrogens with two attached hydrogens (primary N) is 1. The van der Waals surface area contributed by atoms with Gasteiger partial charge >= 0.3 is 0 Å². The molecule has 24 heavy (non-hydrogen) atoms. The monoisotopic (exact) mass is 313 g/mol. The molecule has 116 valence electrons. The molecule has 0 amide bonds. The summed E-state index contributed by atoms with van der Waals surface area (Å²) in [5, 5.41) is 4.07. The Morgan fingerprint density at radius 2 is 1.33 bits per heavy atom. The average molecular weight is 313 g/mol. The van der Waals surface area contributed by atoms with E-state index >= 15 is 0 Å². The first-order chi connectivity index (χ1) is 11.8. The summed E-state index contributed by atoms with van der Waals surface area (Å²) in [6, 6.07) is 25.7. The molecule has 0 aliphatic carbocycles. The van der Waals surface area contributed by atoms with E-state index in [9.17, 15) is 0 Å². The fourth-order valence-corrected chi connectivity index (χ4v) is 2.57. The zero-order valence-corrected chi connectivity index (χ0v) is 12.9. The van der Waals surface area contributed by atoms with Crippen molar-refractivity contribution in [1.29, 1.82) is 0 Å². The third-order valence-electron chi connectivity index (χ3n) is 3.81. The van der Waals surface area contributed by atoms with E-state index < -0.39 is 0 Å². The van der Waals surface area contributed by atoms with Crippen LogP contribution in [0.4, 0.5) is 5.69 Å². The summed E-state index contributed by atoms with van der Waals surface area (Å²) in [7, 11) is 0. The Hall–Kier alpha value is -3.40. The number of hydrogen-bond donors (Lipinski definition) is 1. The maximum absolute atomic E-state index is 5.80. The Labute approximate surface area is 139 Å². The maximum Gasteiger partial charge on any atom is 0.258 e. The standard InChI is InChI=1S/C20H15N3O/c21-18-8-4-7-17(13-18)20-22-19(23-24-20)16-11-9-15(10-12-16)14-5-2-1-3-6-14/h1-13H,21H2. The number of benzene rings is 3. The molecule has 0 aliphatic heterocycles. The minimum absolute atomic E-state index is 0.462. The van der Waals surface area contributed by atoms with Gasteiger partial charge in [0, 0.05) is 16.8 Å². The van der Waals surface area contributed by atoms with Crippen LogP contribution < -0.4 is 5.73 Å². The van der Waals surface area contributed by atoms with Crippen LogP contribution in [-0.2, 0) is 0 Å². The van der Waals surface area contributed by atoms with Crippen molar-refractivity contribution < 1.29 is 4.52 Å². The molecule has 0 bridgehead atoms. The van der Waals surface area contributed by atoms with E-state index in [1.165, 1.54) is 5.56 Å². The highest BCUT2D eigenvalue weighted by Gasteiger charge is 2.11. The maximum atomic E-state index is 5.80. The first-order valence-electron chi connectivity index (χ1n) is 7.65. The fraction of sp³-hybridized carbons (Fsp3) is 0. The lowest BCUT2D eigenvalue weighted by Gasteiger charge is -2.01. The molecule has 0 atom stereocenters. The number of anilines is 1. The van der Waals surface area contributed by atoms with E-state index in [1.807, 2.05) is 54.6 Å². The number of hydrogen-bond acceptors (Lipinski definition) is 4. The van der Waals surface area contributed by atoms with Crippen molar-refractivity contribution in [2.24, 2.45) is 0 Å². The van der Waals surface area contributed by atoms with Crippen LogP contribution in [0.25, 0.3) is 34.0 Å². The molecule has 3 aromatic carbocycles. The topological polar surface area (TPSA) is 64.9 Å². The molecule has 0 saturated heterocycles. The highest BCUT2D eigenvalue weighted by atomic mass is 16.5. The Bertz CT molecular complexity index is 960. The van der Waals surface area contributed by atoms with Crippen molar-refractivity contribution in [1.82, 2.24) is 10.1 Å². The molecule has 1 heterocycles. The minimum atomic E-state index is 0.462. The van der Waals surface area contributed by atoms with Crippen LogP contribution in [0.5, 0.6) is 0 Å². The fourth-order valence-electron chi connectivity index (χ4n) is 2.57. The van der Waals surface area contributed by atoms with Crippen LogP contribution in [0.15, 0.2) is 83.4 Å². The summed E-state index contributed by atoms with van der Waals surface area (Å²) in [4.78, 5) is 4.46. The van der Waals surface area contributed by atoms with Gasteiger partial charge in [0.2, 0.25) is 5.82 Å². The third-order valence-corrected chi connectivity index (χ3v) is 3.81. The summed E-state index contributed by atoms with van der Waals surface area (Å²) < 4.78 is 5.36. The number of rotatable bonds is 3. The Kier molecular flexibility index (Phi) is 3.56. The van der Waals surface area contributed by atoms with Crippen molar-refractivity contribution in [2.45, 2.75) is 0 Å². The molecule has 4 heteroatoms. The zero-order chi connectivity index (χ0) is 16.4. The van der Waals surface area contributed by atoms with E-state index in [-0.39, 0.29) is 0 Å². The van der Waals surface area contributed by atoms with Gasteiger partial charge in [-0.1, -0.05) is 65.8 Å². The molecule has 4 rings (SSSR count). The molecule has 4 nitrogen and oxygen atoms in total. The summed E-state index contributed by atoms with van der Waals surface area (Å²) >= 11 is 0. The van der Waals surface area contributed by atoms with Gasteiger partial charge in [-0.2, -0.15) is 4.98 Å². The van der Waals surface area contributed by atoms with Gasteiger partial charge in [-0.15, -0.1) is 0 Å². The van der Waals surface area contributed by atoms with Gasteiger partial charge in [-0.25, -0.2) is 0 Å². The minimum Gasteiger partial charge on any atom is -0.399 e. The van der Waals surface area contributed by atoms with Gasteiger partial charge in [0.25, 0.3) is 5.89 Å². The molecular weight excluding hydrogens is 298 g/mol. The van der Waals surface area contributed by atoms with E-state index in [0.29, 0.717) is 17.4 Å². The summed E-state index contributed by atoms with van der Waals surface area (Å²) in [5.74, 6) is 1.02. The van der Waals surface area contributed by atoms with Gasteiger partial charge in [0.15, 0.2) is 0 Å². The zero-order valence-electron chi connectivity index (χ0n) is 12.9. The van der Waals surface area contributed by atoms with Gasteiger partial charge in [-0.3, -0.25) is 0 Å². The molecule has 0 aliphatic rings. The van der Waals surface area contributed by atoms with Crippen LogP contribution >= 0.6 is 0 Å². The molecule has 0 radical (unpaired) electrons. The van der Waals surface area contributed by atoms with Gasteiger partial charge in [-0.05, 0) is 29.3 Å². The number of nitrogens with zero attached hydrogens (tertiary/aromatic N) is 2. The lowest BCUT2D eigenvalue weighted by molar-refractivity contribution is 0.432. The average Bonchev–Trinajstić information content (AvgIpc) is 3.13. The van der Waals surface area contributed by atoms with Crippen molar-refractivity contribution in [3.63, 3.8) is 0 Å². The van der Waals surface area contributed by atoms with E-state index in [0.717, 1.165) is 16.7 Å². The molecule has 0 spiro atoms. The van der Waals surface area contributed by atoms with Gasteiger partial charge in [0.05, 0.1) is 0 Å². The van der Waals surface area contributed by atoms with Crippen LogP contribution in [0, 0.1) is 0 Å². The van der Waals surface area contributed by atoms with E-state index in [2.05, 4.69) is 34.4 Å². The molecule has 4 aromatic rings. The Morgan fingerprint density at radius 3 is 2.08 bits per heavy atom. The van der Waals surface area contributed by atoms with Gasteiger partial charge < -0.3 is 10.3 Å². The normalized spacial score (nSPS) is 10.7. The molecule has 0 unspecified atom stereocenters.